The van der Waals surface area contributed by atoms with Gasteiger partial charge in [0, 0.05) is 23.5 Å². The Morgan fingerprint density at radius 3 is 2.39 bits per heavy atom. The summed E-state index contributed by atoms with van der Waals surface area (Å²) < 4.78 is 22.1. The first-order chi connectivity index (χ1) is 14.9. The summed E-state index contributed by atoms with van der Waals surface area (Å²) in [6.07, 6.45) is 3.69. The second-order valence-corrected chi connectivity index (χ2v) is 7.91. The molecule has 0 spiro atoms. The van der Waals surface area contributed by atoms with Crippen LogP contribution in [0.15, 0.2) is 45.7 Å². The zero-order chi connectivity index (χ0) is 21.7. The molecule has 1 aliphatic rings. The summed E-state index contributed by atoms with van der Waals surface area (Å²) in [6.45, 7) is 5.48. The van der Waals surface area contributed by atoms with Crippen molar-refractivity contribution in [1.82, 2.24) is 24.5 Å². The maximum Gasteiger partial charge on any atom is 0.353 e. The Hall–Kier alpha value is -3.68. The number of benzene rings is 1. The summed E-state index contributed by atoms with van der Waals surface area (Å²) in [6, 6.07) is 8.42. The average molecular weight is 417 g/mol. The van der Waals surface area contributed by atoms with Crippen LogP contribution < -0.4 is 5.69 Å². The van der Waals surface area contributed by atoms with Crippen molar-refractivity contribution < 1.29 is 8.81 Å². The Morgan fingerprint density at radius 1 is 1.00 bits per heavy atom. The largest absolute Gasteiger partial charge is 0.431 e. The fraction of sp³-hybridized carbons (Fsp3) is 0.261. The summed E-state index contributed by atoms with van der Waals surface area (Å²) in [4.78, 5) is 30.2. The van der Waals surface area contributed by atoms with E-state index in [4.69, 9.17) is 4.42 Å². The molecule has 0 amide bonds. The molecule has 1 aliphatic carbocycles. The lowest BCUT2D eigenvalue weighted by Crippen LogP contribution is -2.22. The van der Waals surface area contributed by atoms with Crippen LogP contribution in [0.3, 0.4) is 0 Å². The monoisotopic (exact) mass is 417 g/mol. The Morgan fingerprint density at radius 2 is 1.74 bits per heavy atom. The van der Waals surface area contributed by atoms with E-state index in [2.05, 4.69) is 19.9 Å². The number of aryl methyl sites for hydroxylation is 3. The van der Waals surface area contributed by atoms with Gasteiger partial charge < -0.3 is 4.42 Å². The number of hydrogen-bond acceptors (Lipinski definition) is 6. The minimum Gasteiger partial charge on any atom is -0.431 e. The van der Waals surface area contributed by atoms with Gasteiger partial charge in [-0.2, -0.15) is 9.97 Å². The molecule has 5 rings (SSSR count). The molecule has 0 saturated heterocycles. The van der Waals surface area contributed by atoms with Crippen molar-refractivity contribution in [2.45, 2.75) is 39.5 Å². The molecule has 0 radical (unpaired) electrons. The van der Waals surface area contributed by atoms with Gasteiger partial charge in [-0.05, 0) is 63.4 Å². The Labute approximate surface area is 177 Å². The van der Waals surface area contributed by atoms with Crippen LogP contribution in [-0.4, -0.2) is 24.5 Å². The van der Waals surface area contributed by atoms with E-state index in [9.17, 15) is 9.18 Å². The number of nitrogens with zero attached hydrogens (tertiary/aromatic N) is 5. The maximum absolute atomic E-state index is 14.8. The molecule has 0 unspecified atom stereocenters. The lowest BCUT2D eigenvalue weighted by molar-refractivity contribution is 0.569. The zero-order valence-electron chi connectivity index (χ0n) is 17.4. The van der Waals surface area contributed by atoms with Crippen LogP contribution in [0.25, 0.3) is 28.9 Å². The molecule has 0 N–H and O–H groups in total. The van der Waals surface area contributed by atoms with Crippen molar-refractivity contribution in [1.29, 1.82) is 0 Å². The van der Waals surface area contributed by atoms with Crippen LogP contribution in [0.1, 0.15) is 41.4 Å². The molecule has 3 heterocycles. The van der Waals surface area contributed by atoms with Gasteiger partial charge in [0.2, 0.25) is 5.82 Å². The molecule has 8 heteroatoms. The highest BCUT2D eigenvalue weighted by molar-refractivity contribution is 5.68. The zero-order valence-corrected chi connectivity index (χ0v) is 17.4. The molecule has 3 aromatic heterocycles. The van der Waals surface area contributed by atoms with Crippen LogP contribution in [0.4, 0.5) is 4.39 Å². The molecule has 0 bridgehead atoms. The summed E-state index contributed by atoms with van der Waals surface area (Å²) in [5.74, 6) is 0.524. The van der Waals surface area contributed by atoms with Gasteiger partial charge in [-0.25, -0.2) is 23.7 Å². The highest BCUT2D eigenvalue weighted by Gasteiger charge is 2.27. The summed E-state index contributed by atoms with van der Waals surface area (Å²) in [7, 11) is 0. The molecule has 1 saturated carbocycles. The van der Waals surface area contributed by atoms with Gasteiger partial charge in [-0.1, -0.05) is 6.07 Å². The average Bonchev–Trinajstić information content (AvgIpc) is 3.47. The Kier molecular flexibility index (Phi) is 4.50. The van der Waals surface area contributed by atoms with E-state index in [1.807, 2.05) is 19.9 Å². The molecule has 156 valence electrons. The number of oxazole rings is 1. The van der Waals surface area contributed by atoms with Gasteiger partial charge >= 0.3 is 5.69 Å². The normalized spacial score (nSPS) is 13.5. The van der Waals surface area contributed by atoms with E-state index in [1.54, 1.807) is 31.3 Å². The van der Waals surface area contributed by atoms with E-state index >= 15 is 0 Å². The fourth-order valence-electron chi connectivity index (χ4n) is 3.56. The molecule has 1 fully saturated rings. The second kappa shape index (κ2) is 7.23. The predicted octanol–water partition coefficient (Wildman–Crippen LogP) is 4.29. The first kappa shape index (κ1) is 19.3. The smallest absolute Gasteiger partial charge is 0.353 e. The second-order valence-electron chi connectivity index (χ2n) is 7.91. The molecule has 0 atom stereocenters. The molecule has 4 aromatic rings. The summed E-state index contributed by atoms with van der Waals surface area (Å²) in [5.41, 5.74) is 2.75. The molecular formula is C23H20FN5O2. The van der Waals surface area contributed by atoms with Gasteiger partial charge in [0.25, 0.3) is 5.89 Å². The van der Waals surface area contributed by atoms with Gasteiger partial charge in [-0.15, -0.1) is 0 Å². The molecular weight excluding hydrogens is 397 g/mol. The molecule has 7 nitrogen and oxygen atoms in total. The third-order valence-corrected chi connectivity index (χ3v) is 5.20. The predicted molar refractivity (Wildman–Crippen MR) is 113 cm³/mol. The highest BCUT2D eigenvalue weighted by Crippen LogP contribution is 2.38. The standard InChI is InChI=1S/C23H20FN5O2/c1-12-4-7-16(17(24)10-12)19-21(29-9-8-18(15-5-6-15)27-23(29)30)28-22(31-19)20-25-13(2)11-14(3)26-20/h4,7-11,15H,5-6H2,1-3H3. The minimum absolute atomic E-state index is 0.106. The van der Waals surface area contributed by atoms with Crippen LogP contribution in [0.2, 0.25) is 0 Å². The van der Waals surface area contributed by atoms with Crippen molar-refractivity contribution >= 4 is 0 Å². The van der Waals surface area contributed by atoms with Crippen molar-refractivity contribution in [3.63, 3.8) is 0 Å². The van der Waals surface area contributed by atoms with Crippen molar-refractivity contribution in [2.24, 2.45) is 0 Å². The van der Waals surface area contributed by atoms with E-state index in [0.29, 0.717) is 5.92 Å². The van der Waals surface area contributed by atoms with Crippen LogP contribution >= 0.6 is 0 Å². The summed E-state index contributed by atoms with van der Waals surface area (Å²) >= 11 is 0. The van der Waals surface area contributed by atoms with Crippen molar-refractivity contribution in [3.8, 4) is 28.9 Å². The van der Waals surface area contributed by atoms with Gasteiger partial charge in [0.15, 0.2) is 11.6 Å². The number of rotatable bonds is 4. The third-order valence-electron chi connectivity index (χ3n) is 5.20. The number of halogens is 1. The van der Waals surface area contributed by atoms with E-state index in [-0.39, 0.29) is 28.9 Å². The number of hydrogen-bond donors (Lipinski definition) is 0. The molecule has 0 aliphatic heterocycles. The lowest BCUT2D eigenvalue weighted by Gasteiger charge is -2.06. The third kappa shape index (κ3) is 3.65. The fourth-order valence-corrected chi connectivity index (χ4v) is 3.56. The maximum atomic E-state index is 14.8. The Balaban J connectivity index is 1.72. The molecule has 31 heavy (non-hydrogen) atoms. The van der Waals surface area contributed by atoms with E-state index < -0.39 is 11.5 Å². The van der Waals surface area contributed by atoms with Gasteiger partial charge in [-0.3, -0.25) is 0 Å². The minimum atomic E-state index is -0.487. The molecule has 1 aromatic carbocycles. The van der Waals surface area contributed by atoms with Gasteiger partial charge in [0.1, 0.15) is 5.82 Å². The number of aromatic nitrogens is 5. The lowest BCUT2D eigenvalue weighted by atomic mass is 10.1. The van der Waals surface area contributed by atoms with Gasteiger partial charge in [0.05, 0.1) is 11.3 Å². The highest BCUT2D eigenvalue weighted by atomic mass is 19.1. The summed E-state index contributed by atoms with van der Waals surface area (Å²) in [5, 5.41) is 0. The van der Waals surface area contributed by atoms with Crippen LogP contribution in [-0.2, 0) is 0 Å². The van der Waals surface area contributed by atoms with Crippen molar-refractivity contribution in [3.05, 3.63) is 75.5 Å². The van der Waals surface area contributed by atoms with E-state index in [0.717, 1.165) is 35.5 Å². The van der Waals surface area contributed by atoms with Crippen LogP contribution in [0.5, 0.6) is 0 Å². The topological polar surface area (TPSA) is 86.7 Å². The first-order valence-corrected chi connectivity index (χ1v) is 10.1. The van der Waals surface area contributed by atoms with Crippen LogP contribution in [0, 0.1) is 26.6 Å². The first-order valence-electron chi connectivity index (χ1n) is 10.1. The van der Waals surface area contributed by atoms with E-state index in [1.165, 1.54) is 10.6 Å². The quantitative estimate of drug-likeness (QED) is 0.492. The Bertz CT molecular complexity index is 1350. The van der Waals surface area contributed by atoms with Crippen molar-refractivity contribution in [2.75, 3.05) is 0 Å². The SMILES string of the molecule is Cc1ccc(-c2oc(-c3nc(C)cc(C)n3)nc2-n2ccc(C3CC3)nc2=O)c(F)c1.